The third-order valence-electron chi connectivity index (χ3n) is 8.23. The van der Waals surface area contributed by atoms with E-state index in [-0.39, 0.29) is 0 Å². The van der Waals surface area contributed by atoms with E-state index >= 15 is 0 Å². The first-order chi connectivity index (χ1) is 18.2. The first-order valence-corrected chi connectivity index (χ1v) is 13.6. The van der Waals surface area contributed by atoms with Gasteiger partial charge >= 0.3 is 0 Å². The smallest absolute Gasteiger partial charge is 0.128 e. The molecule has 0 saturated carbocycles. The molecule has 2 atom stereocenters. The lowest BCUT2D eigenvalue weighted by Gasteiger charge is -2.46. The lowest BCUT2D eigenvalue weighted by molar-refractivity contribution is 0.127. The number of nitrogens with one attached hydrogen (secondary N) is 1. The lowest BCUT2D eigenvalue weighted by Crippen LogP contribution is -2.58. The van der Waals surface area contributed by atoms with Crippen molar-refractivity contribution in [2.24, 2.45) is 0 Å². The fraction of sp³-hybridized carbons (Fsp3) is 0.483. The van der Waals surface area contributed by atoms with Crippen LogP contribution in [0.25, 0.3) is 10.9 Å². The highest BCUT2D eigenvalue weighted by atomic mass is 15.3. The molecule has 0 radical (unpaired) electrons. The van der Waals surface area contributed by atoms with Gasteiger partial charge in [0.1, 0.15) is 11.9 Å². The second-order valence-corrected chi connectivity index (χ2v) is 10.6. The van der Waals surface area contributed by atoms with Crippen LogP contribution in [-0.4, -0.2) is 90.8 Å². The fourth-order valence-electron chi connectivity index (χ4n) is 6.31. The first-order valence-electron chi connectivity index (χ1n) is 13.6. The molecule has 0 bridgehead atoms. The van der Waals surface area contributed by atoms with E-state index in [1.807, 2.05) is 12.1 Å². The van der Waals surface area contributed by atoms with Crippen molar-refractivity contribution in [2.45, 2.75) is 32.0 Å². The number of nitrogens with zero attached hydrogens (tertiary/aromatic N) is 7. The predicted molar refractivity (Wildman–Crippen MR) is 148 cm³/mol. The number of anilines is 2. The molecule has 6 rings (SSSR count). The van der Waals surface area contributed by atoms with Gasteiger partial charge in [-0.2, -0.15) is 5.26 Å². The lowest BCUT2D eigenvalue weighted by atomic mass is 10.0. The molecule has 2 aromatic heterocycles. The summed E-state index contributed by atoms with van der Waals surface area (Å²) >= 11 is 0. The number of hydrogen-bond acceptors (Lipinski definition) is 8. The predicted octanol–water partition coefficient (Wildman–Crippen LogP) is 2.70. The summed E-state index contributed by atoms with van der Waals surface area (Å²) in [5, 5.41) is 14.1. The average molecular weight is 497 g/mol. The molecule has 8 heteroatoms. The summed E-state index contributed by atoms with van der Waals surface area (Å²) in [6, 6.07) is 17.9. The summed E-state index contributed by atoms with van der Waals surface area (Å²) in [7, 11) is 0. The van der Waals surface area contributed by atoms with Crippen molar-refractivity contribution in [3.8, 4) is 6.07 Å². The van der Waals surface area contributed by atoms with Crippen LogP contribution in [0.4, 0.5) is 11.5 Å². The zero-order chi connectivity index (χ0) is 25.2. The molecule has 0 spiro atoms. The van der Waals surface area contributed by atoms with Gasteiger partial charge in [0, 0.05) is 94.8 Å². The van der Waals surface area contributed by atoms with E-state index in [1.54, 1.807) is 6.20 Å². The summed E-state index contributed by atoms with van der Waals surface area (Å²) < 4.78 is 0. The molecule has 3 aromatic rings. The molecule has 1 N–H and O–H groups in total. The zero-order valence-corrected chi connectivity index (χ0v) is 21.7. The van der Waals surface area contributed by atoms with E-state index < -0.39 is 0 Å². The molecule has 37 heavy (non-hydrogen) atoms. The highest BCUT2D eigenvalue weighted by molar-refractivity contribution is 5.95. The summed E-state index contributed by atoms with van der Waals surface area (Å²) in [6.07, 6.45) is 2.92. The Morgan fingerprint density at radius 2 is 1.86 bits per heavy atom. The Morgan fingerprint density at radius 1 is 0.973 bits per heavy atom. The zero-order valence-electron chi connectivity index (χ0n) is 21.7. The van der Waals surface area contributed by atoms with Crippen LogP contribution in [0.15, 0.2) is 48.7 Å². The Labute approximate surface area is 219 Å². The highest BCUT2D eigenvalue weighted by Gasteiger charge is 2.34. The summed E-state index contributed by atoms with van der Waals surface area (Å²) in [4.78, 5) is 19.8. The summed E-state index contributed by atoms with van der Waals surface area (Å²) in [6.45, 7) is 12.6. The number of fused-ring (bicyclic) bond motifs is 2. The minimum absolute atomic E-state index is 0.468. The number of pyridine rings is 2. The first kappa shape index (κ1) is 24.1. The van der Waals surface area contributed by atoms with Crippen molar-refractivity contribution in [2.75, 3.05) is 68.7 Å². The van der Waals surface area contributed by atoms with Crippen molar-refractivity contribution in [3.63, 3.8) is 0 Å². The topological polar surface area (TPSA) is 74.6 Å². The van der Waals surface area contributed by atoms with Crippen molar-refractivity contribution in [1.29, 1.82) is 5.26 Å². The van der Waals surface area contributed by atoms with Crippen molar-refractivity contribution in [3.05, 3.63) is 59.9 Å². The van der Waals surface area contributed by atoms with Gasteiger partial charge in [-0.15, -0.1) is 0 Å². The Balaban J connectivity index is 1.15. The second-order valence-electron chi connectivity index (χ2n) is 10.6. The third-order valence-corrected chi connectivity index (χ3v) is 8.23. The van der Waals surface area contributed by atoms with Gasteiger partial charge in [-0.05, 0) is 49.7 Å². The van der Waals surface area contributed by atoms with E-state index in [1.165, 1.54) is 11.4 Å². The van der Waals surface area contributed by atoms with Gasteiger partial charge in [0.25, 0.3) is 0 Å². The molecule has 1 aromatic carbocycles. The van der Waals surface area contributed by atoms with Gasteiger partial charge in [-0.25, -0.2) is 4.98 Å². The number of rotatable bonds is 4. The largest absolute Gasteiger partial charge is 0.368 e. The molecule has 0 amide bonds. The van der Waals surface area contributed by atoms with Gasteiger partial charge in [0.15, 0.2) is 0 Å². The van der Waals surface area contributed by atoms with Crippen molar-refractivity contribution >= 4 is 22.4 Å². The van der Waals surface area contributed by atoms with Crippen molar-refractivity contribution in [1.82, 2.24) is 25.1 Å². The van der Waals surface area contributed by atoms with E-state index in [0.717, 1.165) is 88.6 Å². The molecule has 3 saturated heterocycles. The molecule has 8 nitrogen and oxygen atoms in total. The molecule has 5 heterocycles. The molecule has 2 unspecified atom stereocenters. The van der Waals surface area contributed by atoms with Gasteiger partial charge in [0.05, 0.1) is 16.8 Å². The number of benzene rings is 1. The molecule has 3 fully saturated rings. The Hall–Kier alpha value is -3.25. The van der Waals surface area contributed by atoms with Crippen LogP contribution in [0.5, 0.6) is 0 Å². The molecule has 0 aliphatic carbocycles. The van der Waals surface area contributed by atoms with Gasteiger partial charge in [0.2, 0.25) is 0 Å². The monoisotopic (exact) mass is 496 g/mol. The van der Waals surface area contributed by atoms with E-state index in [4.69, 9.17) is 4.98 Å². The second kappa shape index (κ2) is 10.6. The standard InChI is InChI=1S/C29H36N8/c1-22-19-36(27-8-7-23(18-30)29-26(27)5-3-10-32-29)21-25-9-13-34(16-17-37(22)25)20-24-4-2-6-28(33-24)35-14-11-31-12-15-35/h2-8,10,22,25,31H,9,11-17,19-21H2,1H3. The highest BCUT2D eigenvalue weighted by Crippen LogP contribution is 2.32. The van der Waals surface area contributed by atoms with Gasteiger partial charge in [-0.3, -0.25) is 14.8 Å². The van der Waals surface area contributed by atoms with Gasteiger partial charge in [-0.1, -0.05) is 6.07 Å². The number of hydrogen-bond donors (Lipinski definition) is 1. The maximum atomic E-state index is 9.55. The maximum absolute atomic E-state index is 9.55. The minimum Gasteiger partial charge on any atom is -0.368 e. The number of piperazine rings is 2. The minimum atomic E-state index is 0.468. The number of nitriles is 1. The summed E-state index contributed by atoms with van der Waals surface area (Å²) in [5.74, 6) is 1.11. The normalized spacial score (nSPS) is 23.5. The van der Waals surface area contributed by atoms with Crippen molar-refractivity contribution < 1.29 is 0 Å². The van der Waals surface area contributed by atoms with E-state index in [2.05, 4.69) is 73.2 Å². The third kappa shape index (κ3) is 4.99. The van der Waals surface area contributed by atoms with Crippen LogP contribution < -0.4 is 15.1 Å². The Morgan fingerprint density at radius 3 is 2.73 bits per heavy atom. The quantitative estimate of drug-likeness (QED) is 0.591. The van der Waals surface area contributed by atoms with Crippen LogP contribution >= 0.6 is 0 Å². The fourth-order valence-corrected chi connectivity index (χ4v) is 6.31. The SMILES string of the molecule is CC1CN(c2ccc(C#N)c3ncccc23)CC2CCN(Cc3cccc(N4CCNCC4)n3)CCN12. The Kier molecular flexibility index (Phi) is 6.92. The summed E-state index contributed by atoms with van der Waals surface area (Å²) in [5.41, 5.74) is 3.82. The Bertz CT molecular complexity index is 1280. The maximum Gasteiger partial charge on any atom is 0.128 e. The molecular weight excluding hydrogens is 460 g/mol. The van der Waals surface area contributed by atoms with Gasteiger partial charge < -0.3 is 15.1 Å². The molecule has 3 aliphatic rings. The molecular formula is C29H36N8. The van der Waals surface area contributed by atoms with Crippen LogP contribution in [-0.2, 0) is 6.54 Å². The van der Waals surface area contributed by atoms with Crippen LogP contribution in [0, 0.1) is 11.3 Å². The number of aromatic nitrogens is 2. The molecule has 192 valence electrons. The van der Waals surface area contributed by atoms with E-state index in [0.29, 0.717) is 17.6 Å². The van der Waals surface area contributed by atoms with Crippen LogP contribution in [0.1, 0.15) is 24.6 Å². The van der Waals surface area contributed by atoms with Crippen LogP contribution in [0.2, 0.25) is 0 Å². The molecule has 3 aliphatic heterocycles. The van der Waals surface area contributed by atoms with E-state index in [9.17, 15) is 5.26 Å². The van der Waals surface area contributed by atoms with Crippen LogP contribution in [0.3, 0.4) is 0 Å². The average Bonchev–Trinajstić information content (AvgIpc) is 3.15.